The molecule has 3 aromatic rings. The zero-order chi connectivity index (χ0) is 24.2. The predicted octanol–water partition coefficient (Wildman–Crippen LogP) is 6.46. The molecule has 0 bridgehead atoms. The Balaban J connectivity index is 1.38. The van der Waals surface area contributed by atoms with Crippen molar-refractivity contribution in [2.24, 2.45) is 5.92 Å². The molecular weight excluding hydrogens is 424 g/mol. The summed E-state index contributed by atoms with van der Waals surface area (Å²) in [5, 5.41) is 2.96. The summed E-state index contributed by atoms with van der Waals surface area (Å²) >= 11 is 0. The van der Waals surface area contributed by atoms with E-state index in [2.05, 4.69) is 31.3 Å². The zero-order valence-electron chi connectivity index (χ0n) is 20.2. The molecule has 5 heteroatoms. The van der Waals surface area contributed by atoms with Crippen molar-refractivity contribution >= 4 is 17.5 Å². The summed E-state index contributed by atoms with van der Waals surface area (Å²) in [6.07, 6.45) is 0.232. The van der Waals surface area contributed by atoms with Crippen LogP contribution in [0, 0.1) is 12.8 Å². The van der Waals surface area contributed by atoms with Crippen molar-refractivity contribution < 1.29 is 14.3 Å². The Labute approximate surface area is 201 Å². The SMILES string of the molecule is Cc1ccc(C(C)C)c(Oc2ccc(NC(=O)[C@H]3CC(=O)N([C@@H](C)c4ccccc4)C3)cc2)c1. The number of hydrogen-bond donors (Lipinski definition) is 1. The minimum Gasteiger partial charge on any atom is -0.457 e. The van der Waals surface area contributed by atoms with Crippen LogP contribution in [0.15, 0.2) is 72.8 Å². The number of nitrogens with zero attached hydrogens (tertiary/aromatic N) is 1. The van der Waals surface area contributed by atoms with Crippen molar-refractivity contribution in [2.75, 3.05) is 11.9 Å². The topological polar surface area (TPSA) is 58.6 Å². The van der Waals surface area contributed by atoms with E-state index in [0.717, 1.165) is 22.4 Å². The summed E-state index contributed by atoms with van der Waals surface area (Å²) in [6, 6.07) is 23.5. The van der Waals surface area contributed by atoms with E-state index in [4.69, 9.17) is 4.74 Å². The number of carbonyl (C=O) groups excluding carboxylic acids is 2. The quantitative estimate of drug-likeness (QED) is 0.444. The minimum atomic E-state index is -0.365. The van der Waals surface area contributed by atoms with E-state index >= 15 is 0 Å². The van der Waals surface area contributed by atoms with E-state index in [9.17, 15) is 9.59 Å². The van der Waals surface area contributed by atoms with E-state index in [-0.39, 0.29) is 30.2 Å². The van der Waals surface area contributed by atoms with Gasteiger partial charge in [0.05, 0.1) is 12.0 Å². The van der Waals surface area contributed by atoms with Crippen LogP contribution in [0.25, 0.3) is 0 Å². The Hall–Kier alpha value is -3.60. The van der Waals surface area contributed by atoms with Crippen molar-refractivity contribution in [2.45, 2.75) is 46.1 Å². The maximum atomic E-state index is 12.9. The summed E-state index contributed by atoms with van der Waals surface area (Å²) in [7, 11) is 0. The molecule has 1 aliphatic heterocycles. The second-order valence-corrected chi connectivity index (χ2v) is 9.35. The molecule has 0 spiro atoms. The van der Waals surface area contributed by atoms with Gasteiger partial charge in [0.1, 0.15) is 11.5 Å². The summed E-state index contributed by atoms with van der Waals surface area (Å²) < 4.78 is 6.14. The van der Waals surface area contributed by atoms with E-state index in [1.165, 1.54) is 0 Å². The fraction of sp³-hybridized carbons (Fsp3) is 0.310. The molecule has 0 aliphatic carbocycles. The van der Waals surface area contributed by atoms with Crippen molar-refractivity contribution in [1.82, 2.24) is 4.90 Å². The Kier molecular flexibility index (Phi) is 7.01. The van der Waals surface area contributed by atoms with Gasteiger partial charge in [-0.05, 0) is 66.8 Å². The number of benzene rings is 3. The smallest absolute Gasteiger partial charge is 0.229 e. The van der Waals surface area contributed by atoms with Crippen molar-refractivity contribution in [3.63, 3.8) is 0 Å². The molecule has 2 atom stereocenters. The molecule has 34 heavy (non-hydrogen) atoms. The lowest BCUT2D eigenvalue weighted by molar-refractivity contribution is -0.129. The zero-order valence-corrected chi connectivity index (χ0v) is 20.2. The van der Waals surface area contributed by atoms with Crippen LogP contribution in [-0.4, -0.2) is 23.3 Å². The lowest BCUT2D eigenvalue weighted by Crippen LogP contribution is -2.30. The Morgan fingerprint density at radius 3 is 2.38 bits per heavy atom. The molecule has 5 nitrogen and oxygen atoms in total. The molecule has 1 saturated heterocycles. The van der Waals surface area contributed by atoms with Gasteiger partial charge in [-0.2, -0.15) is 0 Å². The maximum Gasteiger partial charge on any atom is 0.229 e. The first-order chi connectivity index (χ1) is 16.3. The standard InChI is InChI=1S/C29H32N2O3/c1-19(2)26-15-10-20(3)16-27(26)34-25-13-11-24(12-14-25)30-29(33)23-17-28(32)31(18-23)21(4)22-8-6-5-7-9-22/h5-16,19,21,23H,17-18H2,1-4H3,(H,30,33)/t21-,23-/m0/s1. The van der Waals surface area contributed by atoms with Crippen LogP contribution in [0.3, 0.4) is 0 Å². The number of nitrogens with one attached hydrogen (secondary N) is 1. The maximum absolute atomic E-state index is 12.9. The largest absolute Gasteiger partial charge is 0.457 e. The highest BCUT2D eigenvalue weighted by atomic mass is 16.5. The number of anilines is 1. The molecule has 4 rings (SSSR count). The molecule has 1 aliphatic rings. The van der Waals surface area contributed by atoms with Gasteiger partial charge in [-0.3, -0.25) is 9.59 Å². The average Bonchev–Trinajstić information content (AvgIpc) is 3.22. The number of likely N-dealkylation sites (tertiary alicyclic amines) is 1. The van der Waals surface area contributed by atoms with Crippen LogP contribution in [0.4, 0.5) is 5.69 Å². The molecule has 2 amide bonds. The van der Waals surface area contributed by atoms with Gasteiger partial charge in [0.25, 0.3) is 0 Å². The van der Waals surface area contributed by atoms with Gasteiger partial charge in [-0.1, -0.05) is 56.3 Å². The monoisotopic (exact) mass is 456 g/mol. The average molecular weight is 457 g/mol. The van der Waals surface area contributed by atoms with Crippen LogP contribution < -0.4 is 10.1 Å². The third-order valence-corrected chi connectivity index (χ3v) is 6.42. The third-order valence-electron chi connectivity index (χ3n) is 6.42. The molecule has 0 saturated carbocycles. The van der Waals surface area contributed by atoms with Gasteiger partial charge in [0.15, 0.2) is 0 Å². The van der Waals surface area contributed by atoms with Crippen LogP contribution >= 0.6 is 0 Å². The highest BCUT2D eigenvalue weighted by Gasteiger charge is 2.37. The fourth-order valence-electron chi connectivity index (χ4n) is 4.38. The Morgan fingerprint density at radius 2 is 1.71 bits per heavy atom. The van der Waals surface area contributed by atoms with Crippen LogP contribution in [0.1, 0.15) is 55.8 Å². The van der Waals surface area contributed by atoms with Crippen LogP contribution in [0.5, 0.6) is 11.5 Å². The molecule has 0 aromatic heterocycles. The summed E-state index contributed by atoms with van der Waals surface area (Å²) in [6.45, 7) is 8.76. The Morgan fingerprint density at radius 1 is 1.00 bits per heavy atom. The normalized spacial score (nSPS) is 16.6. The molecule has 1 heterocycles. The fourth-order valence-corrected chi connectivity index (χ4v) is 4.38. The number of rotatable bonds is 7. The van der Waals surface area contributed by atoms with Gasteiger partial charge < -0.3 is 15.0 Å². The van der Waals surface area contributed by atoms with Crippen molar-refractivity contribution in [3.05, 3.63) is 89.5 Å². The van der Waals surface area contributed by atoms with Gasteiger partial charge in [-0.25, -0.2) is 0 Å². The number of carbonyl (C=O) groups is 2. The van der Waals surface area contributed by atoms with E-state index < -0.39 is 0 Å². The molecular formula is C29H32N2O3. The van der Waals surface area contributed by atoms with E-state index in [1.807, 2.05) is 74.5 Å². The second-order valence-electron chi connectivity index (χ2n) is 9.35. The number of ether oxygens (including phenoxy) is 1. The van der Waals surface area contributed by atoms with Gasteiger partial charge >= 0.3 is 0 Å². The summed E-state index contributed by atoms with van der Waals surface area (Å²) in [5.41, 5.74) is 4.06. The van der Waals surface area contributed by atoms with Gasteiger partial charge in [0.2, 0.25) is 11.8 Å². The summed E-state index contributed by atoms with van der Waals surface area (Å²) in [5.74, 6) is 1.43. The predicted molar refractivity (Wildman–Crippen MR) is 135 cm³/mol. The van der Waals surface area contributed by atoms with Gasteiger partial charge in [0, 0.05) is 18.7 Å². The third kappa shape index (κ3) is 5.30. The second kappa shape index (κ2) is 10.1. The molecule has 1 fully saturated rings. The van der Waals surface area contributed by atoms with Crippen LogP contribution in [-0.2, 0) is 9.59 Å². The molecule has 0 radical (unpaired) electrons. The number of aryl methyl sites for hydroxylation is 1. The molecule has 1 N–H and O–H groups in total. The van der Waals surface area contributed by atoms with Crippen molar-refractivity contribution in [1.29, 1.82) is 0 Å². The van der Waals surface area contributed by atoms with E-state index in [1.54, 1.807) is 4.90 Å². The highest BCUT2D eigenvalue weighted by Crippen LogP contribution is 2.32. The van der Waals surface area contributed by atoms with Crippen LogP contribution in [0.2, 0.25) is 0 Å². The Bertz CT molecular complexity index is 1160. The van der Waals surface area contributed by atoms with E-state index in [0.29, 0.717) is 23.9 Å². The highest BCUT2D eigenvalue weighted by molar-refractivity contribution is 5.97. The lowest BCUT2D eigenvalue weighted by Gasteiger charge is -2.25. The minimum absolute atomic E-state index is 0.0133. The molecule has 0 unspecified atom stereocenters. The number of hydrogen-bond acceptors (Lipinski definition) is 3. The molecule has 3 aromatic carbocycles. The molecule has 176 valence electrons. The number of amides is 2. The first-order valence-electron chi connectivity index (χ1n) is 11.9. The first kappa shape index (κ1) is 23.6. The van der Waals surface area contributed by atoms with Gasteiger partial charge in [-0.15, -0.1) is 0 Å². The lowest BCUT2D eigenvalue weighted by atomic mass is 10.0. The summed E-state index contributed by atoms with van der Waals surface area (Å²) in [4.78, 5) is 27.3. The first-order valence-corrected chi connectivity index (χ1v) is 11.9. The van der Waals surface area contributed by atoms with Crippen molar-refractivity contribution in [3.8, 4) is 11.5 Å².